The maximum Gasteiger partial charge on any atom is 0.0942 e. The maximum absolute atomic E-state index is 10.5. The molecule has 2 nitrogen and oxygen atoms in total. The van der Waals surface area contributed by atoms with Gasteiger partial charge in [0.2, 0.25) is 0 Å². The van der Waals surface area contributed by atoms with Crippen molar-refractivity contribution in [3.8, 4) is 0 Å². The monoisotopic (exact) mass is 242 g/mol. The van der Waals surface area contributed by atoms with Crippen molar-refractivity contribution < 1.29 is 9.84 Å². The number of unbranched alkanes of at least 4 members (excludes halogenated alkanes) is 2. The highest BCUT2D eigenvalue weighted by Crippen LogP contribution is 2.39. The van der Waals surface area contributed by atoms with Crippen LogP contribution in [0.3, 0.4) is 0 Å². The van der Waals surface area contributed by atoms with Crippen LogP contribution in [0.2, 0.25) is 0 Å². The van der Waals surface area contributed by atoms with Gasteiger partial charge in [-0.1, -0.05) is 46.0 Å². The minimum Gasteiger partial charge on any atom is -0.390 e. The molecule has 1 rings (SSSR count). The molecular formula is C15H30O2. The number of aliphatic hydroxyl groups is 1. The predicted octanol–water partition coefficient (Wildman–Crippen LogP) is 3.91. The first-order valence-corrected chi connectivity index (χ1v) is 7.46. The molecule has 0 radical (unpaired) electrons. The van der Waals surface area contributed by atoms with Crippen molar-refractivity contribution in [1.82, 2.24) is 0 Å². The minimum absolute atomic E-state index is 0.236. The van der Waals surface area contributed by atoms with E-state index in [2.05, 4.69) is 13.8 Å². The Morgan fingerprint density at radius 3 is 2.71 bits per heavy atom. The molecule has 3 unspecified atom stereocenters. The van der Waals surface area contributed by atoms with Crippen LogP contribution in [0.4, 0.5) is 0 Å². The molecule has 0 bridgehead atoms. The number of hydrogen-bond donors (Lipinski definition) is 1. The first-order chi connectivity index (χ1) is 8.14. The van der Waals surface area contributed by atoms with E-state index >= 15 is 0 Å². The molecule has 1 fully saturated rings. The summed E-state index contributed by atoms with van der Waals surface area (Å²) in [5, 5.41) is 10.5. The zero-order valence-electron chi connectivity index (χ0n) is 11.9. The Bertz CT molecular complexity index is 201. The van der Waals surface area contributed by atoms with Gasteiger partial charge in [0.1, 0.15) is 0 Å². The van der Waals surface area contributed by atoms with Crippen LogP contribution in [-0.4, -0.2) is 23.4 Å². The minimum atomic E-state index is -0.267. The van der Waals surface area contributed by atoms with Crippen LogP contribution >= 0.6 is 0 Å². The predicted molar refractivity (Wildman–Crippen MR) is 72.1 cm³/mol. The van der Waals surface area contributed by atoms with E-state index in [1.807, 2.05) is 6.92 Å². The summed E-state index contributed by atoms with van der Waals surface area (Å²) in [5.41, 5.74) is -0.236. The van der Waals surface area contributed by atoms with Gasteiger partial charge in [-0.15, -0.1) is 0 Å². The number of hydrogen-bond acceptors (Lipinski definition) is 2. The van der Waals surface area contributed by atoms with Gasteiger partial charge in [-0.3, -0.25) is 0 Å². The van der Waals surface area contributed by atoms with Crippen molar-refractivity contribution in [3.63, 3.8) is 0 Å². The van der Waals surface area contributed by atoms with E-state index in [0.29, 0.717) is 5.92 Å². The number of aliphatic hydroxyl groups excluding tert-OH is 1. The molecule has 0 amide bonds. The highest BCUT2D eigenvalue weighted by molar-refractivity contribution is 4.93. The van der Waals surface area contributed by atoms with Gasteiger partial charge in [-0.2, -0.15) is 0 Å². The second kappa shape index (κ2) is 7.38. The summed E-state index contributed by atoms with van der Waals surface area (Å²) in [6, 6.07) is 0. The first-order valence-electron chi connectivity index (χ1n) is 7.46. The molecule has 0 spiro atoms. The average molecular weight is 242 g/mol. The van der Waals surface area contributed by atoms with Crippen molar-refractivity contribution in [1.29, 1.82) is 0 Å². The topological polar surface area (TPSA) is 29.5 Å². The van der Waals surface area contributed by atoms with Gasteiger partial charge in [-0.25, -0.2) is 0 Å². The van der Waals surface area contributed by atoms with E-state index in [-0.39, 0.29) is 11.7 Å². The smallest absolute Gasteiger partial charge is 0.0942 e. The van der Waals surface area contributed by atoms with E-state index < -0.39 is 0 Å². The standard InChI is InChI=1S/C15H30O2/c1-4-6-7-10-14(16)15(17-5-2)11-8-9-13(3)12-15/h13-14,16H,4-12H2,1-3H3. The lowest BCUT2D eigenvalue weighted by Gasteiger charge is -2.43. The van der Waals surface area contributed by atoms with Crippen LogP contribution in [0.5, 0.6) is 0 Å². The quantitative estimate of drug-likeness (QED) is 0.686. The van der Waals surface area contributed by atoms with Gasteiger partial charge in [0.15, 0.2) is 0 Å². The number of rotatable bonds is 7. The highest BCUT2D eigenvalue weighted by atomic mass is 16.5. The van der Waals surface area contributed by atoms with Crippen molar-refractivity contribution >= 4 is 0 Å². The molecular weight excluding hydrogens is 212 g/mol. The molecule has 1 saturated carbocycles. The zero-order chi connectivity index (χ0) is 12.7. The lowest BCUT2D eigenvalue weighted by molar-refractivity contribution is -0.149. The van der Waals surface area contributed by atoms with Gasteiger partial charge in [0, 0.05) is 6.61 Å². The van der Waals surface area contributed by atoms with Gasteiger partial charge < -0.3 is 9.84 Å². The average Bonchev–Trinajstić information content (AvgIpc) is 2.29. The third kappa shape index (κ3) is 4.26. The second-order valence-corrected chi connectivity index (χ2v) is 5.71. The summed E-state index contributed by atoms with van der Waals surface area (Å²) < 4.78 is 5.98. The van der Waals surface area contributed by atoms with Gasteiger partial charge in [-0.05, 0) is 32.1 Å². The molecule has 1 N–H and O–H groups in total. The molecule has 3 atom stereocenters. The summed E-state index contributed by atoms with van der Waals surface area (Å²) >= 11 is 0. The molecule has 0 aromatic rings. The molecule has 1 aliphatic rings. The van der Waals surface area contributed by atoms with E-state index in [1.165, 1.54) is 25.7 Å². The molecule has 0 aromatic carbocycles. The normalized spacial score (nSPS) is 31.4. The summed E-state index contributed by atoms with van der Waals surface area (Å²) in [6.07, 6.45) is 8.76. The van der Waals surface area contributed by atoms with Crippen molar-refractivity contribution in [2.75, 3.05) is 6.61 Å². The summed E-state index contributed by atoms with van der Waals surface area (Å²) in [7, 11) is 0. The SMILES string of the molecule is CCCCCC(O)C1(OCC)CCCC(C)C1. The largest absolute Gasteiger partial charge is 0.390 e. The molecule has 2 heteroatoms. The molecule has 0 saturated heterocycles. The Kier molecular flexibility index (Phi) is 6.50. The number of ether oxygens (including phenoxy) is 1. The lowest BCUT2D eigenvalue weighted by atomic mass is 9.74. The van der Waals surface area contributed by atoms with Gasteiger partial charge in [0.05, 0.1) is 11.7 Å². The van der Waals surface area contributed by atoms with Crippen molar-refractivity contribution in [2.45, 2.75) is 83.8 Å². The lowest BCUT2D eigenvalue weighted by Crippen LogP contribution is -2.48. The molecule has 0 aliphatic heterocycles. The van der Waals surface area contributed by atoms with Gasteiger partial charge in [0.25, 0.3) is 0 Å². The Balaban J connectivity index is 2.55. The highest BCUT2D eigenvalue weighted by Gasteiger charge is 2.41. The van der Waals surface area contributed by atoms with E-state index in [4.69, 9.17) is 4.74 Å². The molecule has 0 aromatic heterocycles. The van der Waals surface area contributed by atoms with Crippen molar-refractivity contribution in [3.05, 3.63) is 0 Å². The Morgan fingerprint density at radius 2 is 2.12 bits per heavy atom. The third-order valence-corrected chi connectivity index (χ3v) is 4.11. The van der Waals surface area contributed by atoms with Crippen LogP contribution in [0.25, 0.3) is 0 Å². The fraction of sp³-hybridized carbons (Fsp3) is 1.00. The van der Waals surface area contributed by atoms with Crippen LogP contribution in [0, 0.1) is 5.92 Å². The van der Waals surface area contributed by atoms with Crippen LogP contribution in [0.1, 0.15) is 72.1 Å². The van der Waals surface area contributed by atoms with E-state index in [9.17, 15) is 5.11 Å². The van der Waals surface area contributed by atoms with Crippen LogP contribution in [0.15, 0.2) is 0 Å². The van der Waals surface area contributed by atoms with E-state index in [1.54, 1.807) is 0 Å². The Morgan fingerprint density at radius 1 is 1.35 bits per heavy atom. The molecule has 0 heterocycles. The fourth-order valence-corrected chi connectivity index (χ4v) is 3.21. The van der Waals surface area contributed by atoms with Crippen molar-refractivity contribution in [2.24, 2.45) is 5.92 Å². The van der Waals surface area contributed by atoms with Gasteiger partial charge >= 0.3 is 0 Å². The zero-order valence-corrected chi connectivity index (χ0v) is 11.9. The fourth-order valence-electron chi connectivity index (χ4n) is 3.21. The molecule has 1 aliphatic carbocycles. The third-order valence-electron chi connectivity index (χ3n) is 4.11. The van der Waals surface area contributed by atoms with E-state index in [0.717, 1.165) is 32.3 Å². The summed E-state index contributed by atoms with van der Waals surface area (Å²) in [4.78, 5) is 0. The maximum atomic E-state index is 10.5. The Labute approximate surface area is 107 Å². The second-order valence-electron chi connectivity index (χ2n) is 5.71. The van der Waals surface area contributed by atoms with Crippen LogP contribution in [-0.2, 0) is 4.74 Å². The summed E-state index contributed by atoms with van der Waals surface area (Å²) in [5.74, 6) is 0.691. The molecule has 17 heavy (non-hydrogen) atoms. The summed E-state index contributed by atoms with van der Waals surface area (Å²) in [6.45, 7) is 7.25. The molecule has 102 valence electrons. The van der Waals surface area contributed by atoms with Crippen LogP contribution < -0.4 is 0 Å². The Hall–Kier alpha value is -0.0800. The first kappa shape index (κ1) is 15.0.